The van der Waals surface area contributed by atoms with Crippen LogP contribution in [0.3, 0.4) is 0 Å². The summed E-state index contributed by atoms with van der Waals surface area (Å²) in [6.45, 7) is 23.9. The Balaban J connectivity index is 0.000000151. The number of rotatable bonds is 23. The smallest absolute Gasteiger partial charge is 0.0136 e. The summed E-state index contributed by atoms with van der Waals surface area (Å²) < 4.78 is 0. The van der Waals surface area contributed by atoms with Gasteiger partial charge >= 0.3 is 0 Å². The van der Waals surface area contributed by atoms with Crippen molar-refractivity contribution in [2.24, 2.45) is 87.3 Å². The summed E-state index contributed by atoms with van der Waals surface area (Å²) in [6.07, 6.45) is 84.4. The normalized spacial score (nSPS) is 22.7. The molecule has 6 saturated carbocycles. The first-order valence-electron chi connectivity index (χ1n) is 46.5. The topological polar surface area (TPSA) is 0 Å². The van der Waals surface area contributed by atoms with Crippen molar-refractivity contribution >= 4 is 0 Å². The first-order valence-corrected chi connectivity index (χ1v) is 46.5. The maximum Gasteiger partial charge on any atom is -0.0136 e. The number of hydrogen-bond acceptors (Lipinski definition) is 0. The van der Waals surface area contributed by atoms with E-state index >= 15 is 0 Å². The van der Waals surface area contributed by atoms with E-state index in [0.29, 0.717) is 16.2 Å². The molecule has 7 aromatic rings. The Morgan fingerprint density at radius 2 is 0.552 bits per heavy atom. The van der Waals surface area contributed by atoms with Crippen LogP contribution in [0.15, 0.2) is 335 Å². The zero-order valence-electron chi connectivity index (χ0n) is 73.6. The lowest BCUT2D eigenvalue weighted by atomic mass is 9.80. The van der Waals surface area contributed by atoms with Crippen molar-refractivity contribution < 1.29 is 0 Å². The number of hydrogen-bond donors (Lipinski definition) is 0. The third-order valence-corrected chi connectivity index (χ3v) is 26.3. The lowest BCUT2D eigenvalue weighted by Gasteiger charge is -2.25. The minimum absolute atomic E-state index is 0.308. The molecule has 0 aromatic heterocycles. The number of fused-ring (bicyclic) bond motifs is 4. The van der Waals surface area contributed by atoms with Gasteiger partial charge in [0.15, 0.2) is 0 Å². The second kappa shape index (κ2) is 52.0. The summed E-state index contributed by atoms with van der Waals surface area (Å²) in [7, 11) is 0. The fourth-order valence-corrected chi connectivity index (χ4v) is 20.3. The van der Waals surface area contributed by atoms with E-state index in [2.05, 4.69) is 377 Å². The molecule has 0 radical (unpaired) electrons. The van der Waals surface area contributed by atoms with E-state index in [1.165, 1.54) is 206 Å². The molecule has 10 aliphatic rings. The standard InChI is InChI=1S/4C17H20.C12H16.2C9H12.C9H18.C9H16/c1-2-6-14(7-3-1)10-11-16-13-12-15-8-4-5-9-17(15)16;3*1-17(2,13-15-9-5-3-6-10-15)14-16-11-7-4-8-12-16;1-2-5-10-8-9-11-6-3-4-7-12(10)11;2*1-2-5-9-7-3-6-8(9)4-1;2*1-2-3-6-9-7-4-5-8-9/h1-9,15-17H,10-13H2;3*3-12H,13-14H2,1-2H3;2-4,6-7,10-12H,1,5,8-9H2;2*1-2,4-5,8-9H,3,6-7H2;9H,2-8H2,1H3;2,9H,1,3-8H2. The highest BCUT2D eigenvalue weighted by molar-refractivity contribution is 5.26. The highest BCUT2D eigenvalue weighted by Gasteiger charge is 2.34. The highest BCUT2D eigenvalue weighted by atomic mass is 14.4. The minimum atomic E-state index is 0.308. The molecule has 10 atom stereocenters. The van der Waals surface area contributed by atoms with Gasteiger partial charge in [-0.25, -0.2) is 0 Å². The summed E-state index contributed by atoms with van der Waals surface area (Å²) in [5.74, 6) is 10.8. The number of aryl methyl sites for hydroxylation is 1. The molecule has 618 valence electrons. The lowest BCUT2D eigenvalue weighted by Crippen LogP contribution is -2.18. The Bertz CT molecular complexity index is 3550. The number of unbranched alkanes of at least 4 members (excludes halogenated alkanes) is 1. The first-order chi connectivity index (χ1) is 56.6. The molecule has 10 unspecified atom stereocenters. The van der Waals surface area contributed by atoms with Gasteiger partial charge < -0.3 is 0 Å². The predicted molar refractivity (Wildman–Crippen MR) is 509 cm³/mol. The molecule has 0 nitrogen and oxygen atoms in total. The molecule has 17 rings (SSSR count). The van der Waals surface area contributed by atoms with Crippen LogP contribution in [-0.4, -0.2) is 0 Å². The monoisotopic (exact) mass is 1550 g/mol. The molecule has 0 spiro atoms. The average molecular weight is 1550 g/mol. The Morgan fingerprint density at radius 3 is 0.853 bits per heavy atom. The Hall–Kier alpha value is -8.06. The Morgan fingerprint density at radius 1 is 0.276 bits per heavy atom. The second-order valence-corrected chi connectivity index (χ2v) is 38.1. The van der Waals surface area contributed by atoms with Crippen LogP contribution >= 0.6 is 0 Å². The molecule has 0 heterocycles. The second-order valence-electron chi connectivity index (χ2n) is 38.1. The SMILES string of the molecule is C1=CC2CCC(CCc3ccccc3)C2C=C1.C1=CC2CCCC2C=C1.C1=CC2CCCC2C=C1.C=CCC1CCC2C=CC=CC21.C=CCCC1CCCC1.CC(C)(Cc1ccccc1)Cc1ccccc1.CC(C)(Cc1ccccc1)Cc1ccccc1.CC(C)(Cc1ccccc1)Cc1ccccc1.CCCCC1CCCC1. The van der Waals surface area contributed by atoms with Gasteiger partial charge in [0.25, 0.3) is 0 Å². The lowest BCUT2D eigenvalue weighted by molar-refractivity contribution is 0.360. The van der Waals surface area contributed by atoms with Crippen LogP contribution < -0.4 is 0 Å². The maximum atomic E-state index is 3.82. The van der Waals surface area contributed by atoms with Crippen LogP contribution in [0.2, 0.25) is 0 Å². The number of benzene rings is 7. The molecule has 0 heteroatoms. The first kappa shape index (κ1) is 91.8. The van der Waals surface area contributed by atoms with Crippen LogP contribution in [0.5, 0.6) is 0 Å². The molecule has 0 saturated heterocycles. The maximum absolute atomic E-state index is 3.82. The van der Waals surface area contributed by atoms with E-state index in [1.54, 1.807) is 0 Å². The zero-order chi connectivity index (χ0) is 81.6. The quantitative estimate of drug-likeness (QED) is 0.0560. The van der Waals surface area contributed by atoms with Crippen LogP contribution in [0.1, 0.15) is 248 Å². The van der Waals surface area contributed by atoms with Crippen molar-refractivity contribution in [2.45, 2.75) is 254 Å². The molecule has 10 aliphatic carbocycles. The largest absolute Gasteiger partial charge is 0.103 e. The molecule has 7 aromatic carbocycles. The van der Waals surface area contributed by atoms with Gasteiger partial charge in [-0.1, -0.05) is 454 Å². The van der Waals surface area contributed by atoms with E-state index in [0.717, 1.165) is 110 Å². The van der Waals surface area contributed by atoms with Crippen molar-refractivity contribution in [3.63, 3.8) is 0 Å². The minimum Gasteiger partial charge on any atom is -0.103 e. The van der Waals surface area contributed by atoms with E-state index in [4.69, 9.17) is 0 Å². The summed E-state index contributed by atoms with van der Waals surface area (Å²) in [6, 6.07) is 75.4. The van der Waals surface area contributed by atoms with Crippen LogP contribution in [0.4, 0.5) is 0 Å². The van der Waals surface area contributed by atoms with Gasteiger partial charge in [-0.15, -0.1) is 13.2 Å². The average Bonchev–Trinajstić information content (AvgIpc) is 1.68. The van der Waals surface area contributed by atoms with Crippen molar-refractivity contribution in [2.75, 3.05) is 0 Å². The molecular weight excluding hydrogens is 1390 g/mol. The summed E-state index contributed by atoms with van der Waals surface area (Å²) >= 11 is 0. The van der Waals surface area contributed by atoms with Gasteiger partial charge in [0.2, 0.25) is 0 Å². The van der Waals surface area contributed by atoms with Gasteiger partial charge in [-0.2, -0.15) is 0 Å². The van der Waals surface area contributed by atoms with Gasteiger partial charge in [0.05, 0.1) is 0 Å². The van der Waals surface area contributed by atoms with Crippen molar-refractivity contribution in [1.82, 2.24) is 0 Å². The molecular formula is C116H154. The zero-order valence-corrected chi connectivity index (χ0v) is 73.6. The molecule has 0 bridgehead atoms. The Kier molecular flexibility index (Phi) is 41.2. The van der Waals surface area contributed by atoms with Gasteiger partial charge in [0, 0.05) is 0 Å². The summed E-state index contributed by atoms with van der Waals surface area (Å²) in [5, 5.41) is 0. The van der Waals surface area contributed by atoms with E-state index < -0.39 is 0 Å². The van der Waals surface area contributed by atoms with Gasteiger partial charge in [0.1, 0.15) is 0 Å². The summed E-state index contributed by atoms with van der Waals surface area (Å²) in [4.78, 5) is 0. The van der Waals surface area contributed by atoms with Gasteiger partial charge in [-0.05, 0) is 248 Å². The fourth-order valence-electron chi connectivity index (χ4n) is 20.3. The van der Waals surface area contributed by atoms with E-state index in [9.17, 15) is 0 Å². The Labute approximate surface area is 710 Å². The van der Waals surface area contributed by atoms with E-state index in [1.807, 2.05) is 6.08 Å². The van der Waals surface area contributed by atoms with Crippen LogP contribution in [-0.2, 0) is 44.9 Å². The van der Waals surface area contributed by atoms with Crippen molar-refractivity contribution in [1.29, 1.82) is 0 Å². The highest BCUT2D eigenvalue weighted by Crippen LogP contribution is 2.45. The van der Waals surface area contributed by atoms with Crippen LogP contribution in [0.25, 0.3) is 0 Å². The van der Waals surface area contributed by atoms with Crippen molar-refractivity contribution in [3.8, 4) is 0 Å². The predicted octanol–water partition coefficient (Wildman–Crippen LogP) is 32.8. The molecule has 0 N–H and O–H groups in total. The van der Waals surface area contributed by atoms with Crippen LogP contribution in [0, 0.1) is 87.3 Å². The van der Waals surface area contributed by atoms with Gasteiger partial charge in [-0.3, -0.25) is 0 Å². The fraction of sp³-hybridized carbons (Fsp3) is 0.466. The third kappa shape index (κ3) is 35.2. The molecule has 0 amide bonds. The third-order valence-electron chi connectivity index (χ3n) is 26.3. The van der Waals surface area contributed by atoms with Crippen molar-refractivity contribution in [3.05, 3.63) is 374 Å². The van der Waals surface area contributed by atoms with E-state index in [-0.39, 0.29) is 0 Å². The molecule has 0 aliphatic heterocycles. The number of allylic oxidation sites excluding steroid dienone is 18. The molecule has 6 fully saturated rings. The molecule has 116 heavy (non-hydrogen) atoms. The summed E-state index contributed by atoms with van der Waals surface area (Å²) in [5.41, 5.74) is 11.0.